The summed E-state index contributed by atoms with van der Waals surface area (Å²) in [5, 5.41) is 23.5. The first-order valence-corrected chi connectivity index (χ1v) is 12.4. The van der Waals surface area contributed by atoms with E-state index in [2.05, 4.69) is 5.32 Å². The maximum atomic E-state index is 13.5. The van der Waals surface area contributed by atoms with Crippen molar-refractivity contribution in [3.8, 4) is 11.5 Å². The summed E-state index contributed by atoms with van der Waals surface area (Å²) in [6.45, 7) is 0.321. The Morgan fingerprint density at radius 3 is 2.64 bits per heavy atom. The van der Waals surface area contributed by atoms with Gasteiger partial charge >= 0.3 is 0 Å². The maximum Gasteiger partial charge on any atom is 0.247 e. The number of nitrogens with one attached hydrogen (secondary N) is 1. The van der Waals surface area contributed by atoms with Crippen LogP contribution < -0.4 is 14.8 Å². The number of rotatable bonds is 10. The molecular weight excluding hydrogens is 468 g/mol. The molecule has 4 unspecified atom stereocenters. The van der Waals surface area contributed by atoms with Crippen molar-refractivity contribution < 1.29 is 38.8 Å². The quantitative estimate of drug-likeness (QED) is 0.400. The van der Waals surface area contributed by atoms with Gasteiger partial charge in [0.2, 0.25) is 11.8 Å². The van der Waals surface area contributed by atoms with E-state index in [1.165, 1.54) is 13.2 Å². The van der Waals surface area contributed by atoms with Crippen molar-refractivity contribution in [2.75, 3.05) is 40.5 Å². The Kier molecular flexibility index (Phi) is 8.28. The van der Waals surface area contributed by atoms with E-state index >= 15 is 0 Å². The zero-order chi connectivity index (χ0) is 25.8. The summed E-state index contributed by atoms with van der Waals surface area (Å²) in [6, 6.07) is 2.34. The van der Waals surface area contributed by atoms with Gasteiger partial charge in [-0.15, -0.1) is 0 Å². The lowest BCUT2D eigenvalue weighted by Crippen LogP contribution is -2.57. The highest BCUT2D eigenvalue weighted by atomic mass is 16.5. The molecule has 0 saturated heterocycles. The molecule has 36 heavy (non-hydrogen) atoms. The van der Waals surface area contributed by atoms with E-state index in [4.69, 9.17) is 14.2 Å². The number of aliphatic hydroxyl groups is 2. The Labute approximate surface area is 210 Å². The number of nitrogens with zero attached hydrogens (tertiary/aromatic N) is 1. The number of ether oxygens (including phenoxy) is 3. The van der Waals surface area contributed by atoms with Crippen molar-refractivity contribution in [3.63, 3.8) is 0 Å². The standard InChI is InChI=1S/C26H34N2O8/c1-34-10-8-28(26(33)16-5-3-4-6-16)19-13-18(25(32)27-7-9-29)21-17-11-15(14-30)12-20(35-2)23(17)36-24(21)22(19)31/h11-14,16,19,21-22,24,29,31H,3-10H2,1-2H3,(H,27,32). The SMILES string of the molecule is COCCN(C(=O)C1CCCC1)C1C=C(C(=O)NCCO)C2c3cc(C=O)cc(OC)c3OC2C1O. The molecule has 1 aromatic rings. The second-order valence-corrected chi connectivity index (χ2v) is 9.41. The van der Waals surface area contributed by atoms with Crippen molar-refractivity contribution in [3.05, 3.63) is 34.9 Å². The van der Waals surface area contributed by atoms with E-state index in [-0.39, 0.29) is 38.1 Å². The van der Waals surface area contributed by atoms with Crippen LogP contribution in [0.15, 0.2) is 23.8 Å². The lowest BCUT2D eigenvalue weighted by molar-refractivity contribution is -0.142. The van der Waals surface area contributed by atoms with Crippen LogP contribution in [0.1, 0.15) is 47.5 Å². The Hall–Kier alpha value is -2.95. The monoisotopic (exact) mass is 502 g/mol. The van der Waals surface area contributed by atoms with Crippen LogP contribution in [0.3, 0.4) is 0 Å². The van der Waals surface area contributed by atoms with Crippen molar-refractivity contribution in [1.82, 2.24) is 10.2 Å². The van der Waals surface area contributed by atoms with Crippen LogP contribution in [0.4, 0.5) is 0 Å². The molecule has 10 heteroatoms. The van der Waals surface area contributed by atoms with Crippen LogP contribution in [0, 0.1) is 5.92 Å². The molecule has 1 fully saturated rings. The first kappa shape index (κ1) is 26.1. The second kappa shape index (κ2) is 11.4. The van der Waals surface area contributed by atoms with Gasteiger partial charge in [0.25, 0.3) is 0 Å². The summed E-state index contributed by atoms with van der Waals surface area (Å²) in [7, 11) is 3.00. The van der Waals surface area contributed by atoms with Crippen LogP contribution in [0.25, 0.3) is 0 Å². The largest absolute Gasteiger partial charge is 0.493 e. The Bertz CT molecular complexity index is 1020. The first-order chi connectivity index (χ1) is 17.4. The zero-order valence-electron chi connectivity index (χ0n) is 20.6. The van der Waals surface area contributed by atoms with Crippen molar-refractivity contribution in [1.29, 1.82) is 0 Å². The third-order valence-electron chi connectivity index (χ3n) is 7.29. The molecule has 10 nitrogen and oxygen atoms in total. The molecule has 2 amide bonds. The summed E-state index contributed by atoms with van der Waals surface area (Å²) in [6.07, 6.45) is 3.81. The fourth-order valence-electron chi connectivity index (χ4n) is 5.56. The molecule has 1 heterocycles. The van der Waals surface area contributed by atoms with Crippen LogP contribution in [-0.4, -0.2) is 92.0 Å². The molecule has 1 saturated carbocycles. The van der Waals surface area contributed by atoms with E-state index < -0.39 is 30.1 Å². The highest BCUT2D eigenvalue weighted by molar-refractivity contribution is 5.96. The molecular formula is C26H34N2O8. The van der Waals surface area contributed by atoms with Crippen molar-refractivity contribution in [2.24, 2.45) is 5.92 Å². The first-order valence-electron chi connectivity index (χ1n) is 12.4. The van der Waals surface area contributed by atoms with Gasteiger partial charge in [0.15, 0.2) is 11.5 Å². The lowest BCUT2D eigenvalue weighted by atomic mass is 9.77. The molecule has 0 aromatic heterocycles. The average Bonchev–Trinajstić information content (AvgIpc) is 3.56. The normalized spacial score (nSPS) is 24.8. The minimum atomic E-state index is -1.15. The van der Waals surface area contributed by atoms with E-state index in [0.717, 1.165) is 25.7 Å². The third kappa shape index (κ3) is 4.85. The van der Waals surface area contributed by atoms with Crippen LogP contribution in [-0.2, 0) is 14.3 Å². The predicted molar refractivity (Wildman–Crippen MR) is 129 cm³/mol. The number of benzene rings is 1. The van der Waals surface area contributed by atoms with E-state index in [0.29, 0.717) is 34.5 Å². The van der Waals surface area contributed by atoms with Crippen molar-refractivity contribution >= 4 is 18.1 Å². The number of carbonyl (C=O) groups excluding carboxylic acids is 3. The summed E-state index contributed by atoms with van der Waals surface area (Å²) in [5.41, 5.74) is 1.20. The fourth-order valence-corrected chi connectivity index (χ4v) is 5.56. The number of amides is 2. The van der Waals surface area contributed by atoms with E-state index in [1.54, 1.807) is 24.2 Å². The van der Waals surface area contributed by atoms with Crippen molar-refractivity contribution in [2.45, 2.75) is 49.9 Å². The number of aliphatic hydroxyl groups excluding tert-OH is 2. The molecule has 3 aliphatic rings. The predicted octanol–water partition coefficient (Wildman–Crippen LogP) is 0.796. The zero-order valence-corrected chi connectivity index (χ0v) is 20.6. The summed E-state index contributed by atoms with van der Waals surface area (Å²) in [5.74, 6) is -0.670. The molecule has 196 valence electrons. The molecule has 0 radical (unpaired) electrons. The van der Waals surface area contributed by atoms with Crippen LogP contribution in [0.2, 0.25) is 0 Å². The highest BCUT2D eigenvalue weighted by Gasteiger charge is 2.51. The highest BCUT2D eigenvalue weighted by Crippen LogP contribution is 2.51. The number of fused-ring (bicyclic) bond motifs is 3. The third-order valence-corrected chi connectivity index (χ3v) is 7.29. The molecule has 2 aliphatic carbocycles. The van der Waals surface area contributed by atoms with Gasteiger partial charge in [-0.3, -0.25) is 14.4 Å². The van der Waals surface area contributed by atoms with Crippen LogP contribution in [0.5, 0.6) is 11.5 Å². The van der Waals surface area contributed by atoms with Gasteiger partial charge in [0.05, 0.1) is 32.3 Å². The number of hydrogen-bond donors (Lipinski definition) is 3. The summed E-state index contributed by atoms with van der Waals surface area (Å²) in [4.78, 5) is 40.0. The molecule has 3 N–H and O–H groups in total. The van der Waals surface area contributed by atoms with Gasteiger partial charge in [0, 0.05) is 42.8 Å². The number of aldehydes is 1. The van der Waals surface area contributed by atoms with Crippen LogP contribution >= 0.6 is 0 Å². The Morgan fingerprint density at radius 1 is 1.25 bits per heavy atom. The maximum absolute atomic E-state index is 13.5. The van der Waals surface area contributed by atoms with E-state index in [9.17, 15) is 24.6 Å². The Morgan fingerprint density at radius 2 is 2.00 bits per heavy atom. The molecule has 4 atom stereocenters. The summed E-state index contributed by atoms with van der Waals surface area (Å²) >= 11 is 0. The molecule has 0 bridgehead atoms. The molecule has 1 aliphatic heterocycles. The van der Waals surface area contributed by atoms with Gasteiger partial charge in [0.1, 0.15) is 18.5 Å². The smallest absolute Gasteiger partial charge is 0.247 e. The lowest BCUT2D eigenvalue weighted by Gasteiger charge is -2.41. The second-order valence-electron chi connectivity index (χ2n) is 9.41. The van der Waals surface area contributed by atoms with Gasteiger partial charge in [-0.05, 0) is 31.1 Å². The Balaban J connectivity index is 1.78. The average molecular weight is 503 g/mol. The number of carbonyl (C=O) groups is 3. The number of hydrogen-bond acceptors (Lipinski definition) is 8. The molecule has 0 spiro atoms. The van der Waals surface area contributed by atoms with Gasteiger partial charge in [-0.25, -0.2) is 0 Å². The fraction of sp³-hybridized carbons (Fsp3) is 0.577. The summed E-state index contributed by atoms with van der Waals surface area (Å²) < 4.78 is 16.9. The molecule has 4 rings (SSSR count). The topological polar surface area (TPSA) is 135 Å². The number of methoxy groups -OCH3 is 2. The van der Waals surface area contributed by atoms with Gasteiger partial charge in [-0.2, -0.15) is 0 Å². The minimum Gasteiger partial charge on any atom is -0.493 e. The van der Waals surface area contributed by atoms with E-state index in [1.807, 2.05) is 0 Å². The minimum absolute atomic E-state index is 0.0422. The molecule has 1 aromatic carbocycles. The van der Waals surface area contributed by atoms with Gasteiger partial charge in [-0.1, -0.05) is 12.8 Å². The van der Waals surface area contributed by atoms with Gasteiger partial charge < -0.3 is 34.6 Å².